The molecule has 0 aliphatic rings. The normalized spacial score (nSPS) is 10.8. The molecule has 30 heavy (non-hydrogen) atoms. The third-order valence-corrected chi connectivity index (χ3v) is 5.15. The van der Waals surface area contributed by atoms with Crippen molar-refractivity contribution in [3.8, 4) is 11.4 Å². The van der Waals surface area contributed by atoms with E-state index in [0.717, 1.165) is 16.8 Å². The minimum atomic E-state index is -0.456. The molecule has 2 aromatic carbocycles. The predicted octanol–water partition coefficient (Wildman–Crippen LogP) is 4.38. The first-order valence-electron chi connectivity index (χ1n) is 9.42. The summed E-state index contributed by atoms with van der Waals surface area (Å²) in [5.41, 5.74) is 3.58. The van der Waals surface area contributed by atoms with Crippen LogP contribution in [0.3, 0.4) is 0 Å². The molecule has 0 spiro atoms. The van der Waals surface area contributed by atoms with Crippen LogP contribution in [0.5, 0.6) is 5.75 Å². The molecule has 6 nitrogen and oxygen atoms in total. The summed E-state index contributed by atoms with van der Waals surface area (Å²) in [7, 11) is 1.57. The Hall–Kier alpha value is -2.84. The summed E-state index contributed by atoms with van der Waals surface area (Å²) < 4.78 is 26.1. The SMILES string of the molecule is COCCOc1ccc(F)cc1NC(=O)CSc1nccn1-c1cc(C)cc(C)c1. The van der Waals surface area contributed by atoms with Gasteiger partial charge in [0, 0.05) is 31.3 Å². The number of carbonyl (C=O) groups is 1. The number of ether oxygens (including phenoxy) is 2. The van der Waals surface area contributed by atoms with Crippen molar-refractivity contribution in [2.75, 3.05) is 31.4 Å². The molecule has 0 saturated heterocycles. The van der Waals surface area contributed by atoms with Gasteiger partial charge in [-0.3, -0.25) is 9.36 Å². The van der Waals surface area contributed by atoms with Crippen LogP contribution < -0.4 is 10.1 Å². The number of methoxy groups -OCH3 is 1. The van der Waals surface area contributed by atoms with E-state index in [9.17, 15) is 9.18 Å². The van der Waals surface area contributed by atoms with Crippen molar-refractivity contribution in [2.24, 2.45) is 0 Å². The van der Waals surface area contributed by atoms with Crippen molar-refractivity contribution >= 4 is 23.4 Å². The molecule has 0 aliphatic heterocycles. The molecular weight excluding hydrogens is 405 g/mol. The van der Waals surface area contributed by atoms with Crippen molar-refractivity contribution in [2.45, 2.75) is 19.0 Å². The van der Waals surface area contributed by atoms with Gasteiger partial charge in [0.15, 0.2) is 5.16 Å². The number of aromatic nitrogens is 2. The van der Waals surface area contributed by atoms with Crippen LogP contribution in [0.25, 0.3) is 5.69 Å². The number of halogens is 1. The molecule has 1 amide bonds. The summed E-state index contributed by atoms with van der Waals surface area (Å²) in [6, 6.07) is 10.2. The Bertz CT molecular complexity index is 1000. The molecule has 3 rings (SSSR count). The number of hydrogen-bond donors (Lipinski definition) is 1. The lowest BCUT2D eigenvalue weighted by atomic mass is 10.1. The van der Waals surface area contributed by atoms with Gasteiger partial charge in [0.05, 0.1) is 18.0 Å². The standard InChI is InChI=1S/C22H24FN3O3S/c1-15-10-16(2)12-18(11-15)26-7-6-24-22(26)30-14-21(27)25-19-13-17(23)4-5-20(19)29-9-8-28-3/h4-7,10-13H,8-9,14H2,1-3H3,(H,25,27). The van der Waals surface area contributed by atoms with Crippen LogP contribution >= 0.6 is 11.8 Å². The average Bonchev–Trinajstić information content (AvgIpc) is 3.16. The third kappa shape index (κ3) is 5.84. The second-order valence-electron chi connectivity index (χ2n) is 6.74. The zero-order chi connectivity index (χ0) is 21.5. The summed E-state index contributed by atoms with van der Waals surface area (Å²) in [5, 5.41) is 3.42. The monoisotopic (exact) mass is 429 g/mol. The molecule has 0 saturated carbocycles. The van der Waals surface area contributed by atoms with Crippen molar-refractivity contribution in [3.05, 3.63) is 65.7 Å². The molecule has 0 radical (unpaired) electrons. The Kier molecular flexibility index (Phi) is 7.48. The maximum Gasteiger partial charge on any atom is 0.234 e. The van der Waals surface area contributed by atoms with Gasteiger partial charge in [0.1, 0.15) is 18.2 Å². The van der Waals surface area contributed by atoms with Crippen LogP contribution in [0.2, 0.25) is 0 Å². The zero-order valence-corrected chi connectivity index (χ0v) is 18.0. The second-order valence-corrected chi connectivity index (χ2v) is 7.69. The van der Waals surface area contributed by atoms with Crippen molar-refractivity contribution in [1.82, 2.24) is 9.55 Å². The molecule has 158 valence electrons. The third-order valence-electron chi connectivity index (χ3n) is 4.18. The fraction of sp³-hybridized carbons (Fsp3) is 0.273. The number of amides is 1. The summed E-state index contributed by atoms with van der Waals surface area (Å²) in [5.74, 6) is -0.223. The predicted molar refractivity (Wildman–Crippen MR) is 116 cm³/mol. The first kappa shape index (κ1) is 21.9. The molecule has 0 atom stereocenters. The van der Waals surface area contributed by atoms with Crippen LogP contribution in [-0.2, 0) is 9.53 Å². The van der Waals surface area contributed by atoms with Crippen LogP contribution in [-0.4, -0.2) is 41.5 Å². The van der Waals surface area contributed by atoms with Gasteiger partial charge in [-0.2, -0.15) is 0 Å². The van der Waals surface area contributed by atoms with E-state index >= 15 is 0 Å². The largest absolute Gasteiger partial charge is 0.489 e. The molecule has 0 bridgehead atoms. The molecular formula is C22H24FN3O3S. The minimum Gasteiger partial charge on any atom is -0.489 e. The highest BCUT2D eigenvalue weighted by molar-refractivity contribution is 7.99. The topological polar surface area (TPSA) is 65.4 Å². The van der Waals surface area contributed by atoms with Crippen LogP contribution in [0, 0.1) is 19.7 Å². The van der Waals surface area contributed by atoms with E-state index in [-0.39, 0.29) is 17.3 Å². The van der Waals surface area contributed by atoms with E-state index in [1.165, 1.54) is 30.0 Å². The Morgan fingerprint density at radius 3 is 2.67 bits per heavy atom. The van der Waals surface area contributed by atoms with Gasteiger partial charge in [0.2, 0.25) is 5.91 Å². The quantitative estimate of drug-likeness (QED) is 0.404. The fourth-order valence-electron chi connectivity index (χ4n) is 2.96. The zero-order valence-electron chi connectivity index (χ0n) is 17.1. The second kappa shape index (κ2) is 10.3. The van der Waals surface area contributed by atoms with Gasteiger partial charge >= 0.3 is 0 Å². The lowest BCUT2D eigenvalue weighted by Crippen LogP contribution is -2.16. The number of benzene rings is 2. The molecule has 3 aromatic rings. The smallest absolute Gasteiger partial charge is 0.234 e. The first-order valence-corrected chi connectivity index (χ1v) is 10.4. The summed E-state index contributed by atoms with van der Waals surface area (Å²) in [4.78, 5) is 16.8. The Balaban J connectivity index is 1.66. The molecule has 0 fully saturated rings. The fourth-order valence-corrected chi connectivity index (χ4v) is 3.73. The Labute approximate surface area is 179 Å². The maximum atomic E-state index is 13.7. The summed E-state index contributed by atoms with van der Waals surface area (Å²) >= 11 is 1.30. The van der Waals surface area contributed by atoms with Gasteiger partial charge < -0.3 is 14.8 Å². The van der Waals surface area contributed by atoms with Crippen LogP contribution in [0.15, 0.2) is 53.9 Å². The molecule has 8 heteroatoms. The number of anilines is 1. The number of hydrogen-bond acceptors (Lipinski definition) is 5. The Morgan fingerprint density at radius 1 is 1.17 bits per heavy atom. The highest BCUT2D eigenvalue weighted by atomic mass is 32.2. The number of rotatable bonds is 9. The molecule has 0 unspecified atom stereocenters. The summed E-state index contributed by atoms with van der Waals surface area (Å²) in [6.45, 7) is 4.77. The van der Waals surface area contributed by atoms with Gasteiger partial charge in [-0.05, 0) is 49.2 Å². The lowest BCUT2D eigenvalue weighted by molar-refractivity contribution is -0.113. The highest BCUT2D eigenvalue weighted by Gasteiger charge is 2.13. The number of nitrogens with zero attached hydrogens (tertiary/aromatic N) is 2. The molecule has 1 N–H and O–H groups in total. The number of imidazole rings is 1. The van der Waals surface area contributed by atoms with E-state index < -0.39 is 5.82 Å². The van der Waals surface area contributed by atoms with Crippen molar-refractivity contribution in [1.29, 1.82) is 0 Å². The number of nitrogens with one attached hydrogen (secondary N) is 1. The minimum absolute atomic E-state index is 0.121. The van der Waals surface area contributed by atoms with Gasteiger partial charge in [0.25, 0.3) is 0 Å². The van der Waals surface area contributed by atoms with Crippen molar-refractivity contribution in [3.63, 3.8) is 0 Å². The van der Waals surface area contributed by atoms with E-state index in [4.69, 9.17) is 9.47 Å². The molecule has 0 aliphatic carbocycles. The van der Waals surface area contributed by atoms with Gasteiger partial charge in [-0.15, -0.1) is 0 Å². The van der Waals surface area contributed by atoms with Crippen LogP contribution in [0.4, 0.5) is 10.1 Å². The van der Waals surface area contributed by atoms with Gasteiger partial charge in [-0.25, -0.2) is 9.37 Å². The Morgan fingerprint density at radius 2 is 1.93 bits per heavy atom. The molecule has 1 heterocycles. The average molecular weight is 430 g/mol. The lowest BCUT2D eigenvalue weighted by Gasteiger charge is -2.13. The van der Waals surface area contributed by atoms with E-state index in [1.807, 2.05) is 24.6 Å². The maximum absolute atomic E-state index is 13.7. The van der Waals surface area contributed by atoms with E-state index in [0.29, 0.717) is 24.1 Å². The summed E-state index contributed by atoms with van der Waals surface area (Å²) in [6.07, 6.45) is 3.56. The van der Waals surface area contributed by atoms with Crippen LogP contribution in [0.1, 0.15) is 11.1 Å². The van der Waals surface area contributed by atoms with E-state index in [2.05, 4.69) is 28.5 Å². The number of carbonyl (C=O) groups excluding carboxylic acids is 1. The molecule has 1 aromatic heterocycles. The van der Waals surface area contributed by atoms with Gasteiger partial charge in [-0.1, -0.05) is 17.8 Å². The highest BCUT2D eigenvalue weighted by Crippen LogP contribution is 2.27. The number of thioether (sulfide) groups is 1. The first-order chi connectivity index (χ1) is 14.5. The number of aryl methyl sites for hydroxylation is 2. The van der Waals surface area contributed by atoms with E-state index in [1.54, 1.807) is 13.3 Å². The van der Waals surface area contributed by atoms with Crippen molar-refractivity contribution < 1.29 is 18.7 Å².